The molecule has 0 atom stereocenters. The second kappa shape index (κ2) is 5.48. The zero-order valence-corrected chi connectivity index (χ0v) is 10.6. The van der Waals surface area contributed by atoms with Gasteiger partial charge in [0, 0.05) is 17.8 Å². The third kappa shape index (κ3) is 2.97. The lowest BCUT2D eigenvalue weighted by molar-refractivity contribution is -0.384. The van der Waals surface area contributed by atoms with Crippen molar-refractivity contribution in [3.63, 3.8) is 0 Å². The van der Waals surface area contributed by atoms with Crippen LogP contribution >= 0.6 is 0 Å². The molecule has 1 N–H and O–H groups in total. The molecule has 0 bridgehead atoms. The Kier molecular flexibility index (Phi) is 3.74. The van der Waals surface area contributed by atoms with Gasteiger partial charge in [0.25, 0.3) is 11.6 Å². The number of halogens is 1. The highest BCUT2D eigenvalue weighted by Gasteiger charge is 2.13. The van der Waals surface area contributed by atoms with Crippen LogP contribution in [-0.2, 0) is 0 Å². The van der Waals surface area contributed by atoms with E-state index in [0.29, 0.717) is 0 Å². The van der Waals surface area contributed by atoms with Gasteiger partial charge in [0.15, 0.2) is 0 Å². The monoisotopic (exact) mass is 274 g/mol. The van der Waals surface area contributed by atoms with Crippen LogP contribution in [0, 0.1) is 22.9 Å². The van der Waals surface area contributed by atoms with Gasteiger partial charge in [-0.05, 0) is 25.1 Å². The fourth-order valence-corrected chi connectivity index (χ4v) is 1.71. The van der Waals surface area contributed by atoms with Gasteiger partial charge in [-0.25, -0.2) is 4.39 Å². The number of rotatable bonds is 3. The van der Waals surface area contributed by atoms with Crippen LogP contribution in [0.2, 0.25) is 0 Å². The molecule has 0 fully saturated rings. The van der Waals surface area contributed by atoms with E-state index in [1.54, 1.807) is 13.0 Å². The van der Waals surface area contributed by atoms with Crippen LogP contribution in [0.4, 0.5) is 15.8 Å². The van der Waals surface area contributed by atoms with Gasteiger partial charge >= 0.3 is 0 Å². The number of benzene rings is 2. The van der Waals surface area contributed by atoms with Crippen molar-refractivity contribution in [2.45, 2.75) is 6.92 Å². The van der Waals surface area contributed by atoms with E-state index in [0.717, 1.165) is 5.56 Å². The maximum Gasteiger partial charge on any atom is 0.271 e. The normalized spacial score (nSPS) is 10.1. The fourth-order valence-electron chi connectivity index (χ4n) is 1.71. The first kappa shape index (κ1) is 13.7. The Balaban J connectivity index is 2.25. The molecule has 0 saturated heterocycles. The number of amides is 1. The van der Waals surface area contributed by atoms with E-state index in [4.69, 9.17) is 0 Å². The number of carbonyl (C=O) groups is 1. The van der Waals surface area contributed by atoms with Crippen LogP contribution in [0.5, 0.6) is 0 Å². The number of hydrogen-bond acceptors (Lipinski definition) is 3. The summed E-state index contributed by atoms with van der Waals surface area (Å²) < 4.78 is 13.6. The summed E-state index contributed by atoms with van der Waals surface area (Å²) in [6.45, 7) is 1.74. The molecule has 1 amide bonds. The van der Waals surface area contributed by atoms with Gasteiger partial charge in [0.2, 0.25) is 0 Å². The Bertz CT molecular complexity index is 686. The van der Waals surface area contributed by atoms with Gasteiger partial charge in [0.1, 0.15) is 5.82 Å². The number of non-ortho nitro benzene ring substituents is 1. The molecule has 20 heavy (non-hydrogen) atoms. The average molecular weight is 274 g/mol. The van der Waals surface area contributed by atoms with Crippen LogP contribution in [-0.4, -0.2) is 10.8 Å². The lowest BCUT2D eigenvalue weighted by Gasteiger charge is -2.06. The van der Waals surface area contributed by atoms with Crippen LogP contribution in [0.3, 0.4) is 0 Å². The first-order valence-electron chi connectivity index (χ1n) is 5.79. The summed E-state index contributed by atoms with van der Waals surface area (Å²) >= 11 is 0. The molecule has 6 heteroatoms. The quantitative estimate of drug-likeness (QED) is 0.689. The summed E-state index contributed by atoms with van der Waals surface area (Å²) in [7, 11) is 0. The van der Waals surface area contributed by atoms with Gasteiger partial charge < -0.3 is 5.32 Å². The average Bonchev–Trinajstić information content (AvgIpc) is 2.41. The Morgan fingerprint density at radius 1 is 1.25 bits per heavy atom. The number of nitro benzene ring substituents is 1. The van der Waals surface area contributed by atoms with E-state index in [1.165, 1.54) is 36.4 Å². The van der Waals surface area contributed by atoms with E-state index in [1.807, 2.05) is 0 Å². The highest BCUT2D eigenvalue weighted by atomic mass is 19.1. The van der Waals surface area contributed by atoms with Crippen molar-refractivity contribution in [1.29, 1.82) is 0 Å². The van der Waals surface area contributed by atoms with E-state index in [-0.39, 0.29) is 16.9 Å². The lowest BCUT2D eigenvalue weighted by Crippen LogP contribution is -2.14. The molecule has 0 aromatic heterocycles. The van der Waals surface area contributed by atoms with E-state index in [2.05, 4.69) is 5.32 Å². The third-order valence-corrected chi connectivity index (χ3v) is 2.68. The van der Waals surface area contributed by atoms with Crippen molar-refractivity contribution in [1.82, 2.24) is 0 Å². The summed E-state index contributed by atoms with van der Waals surface area (Å²) in [5.41, 5.74) is 0.740. The standard InChI is InChI=1S/C14H11FN2O3/c1-9-5-6-13(15)12(7-9)14(18)16-10-3-2-4-11(8-10)17(19)20/h2-8H,1H3,(H,16,18). The smallest absolute Gasteiger partial charge is 0.271 e. The SMILES string of the molecule is Cc1ccc(F)c(C(=O)Nc2cccc([N+](=O)[O-])c2)c1. The molecule has 102 valence electrons. The predicted octanol–water partition coefficient (Wildman–Crippen LogP) is 3.29. The van der Waals surface area contributed by atoms with E-state index in [9.17, 15) is 19.3 Å². The molecule has 0 saturated carbocycles. The van der Waals surface area contributed by atoms with Gasteiger partial charge in [-0.3, -0.25) is 14.9 Å². The highest BCUT2D eigenvalue weighted by molar-refractivity contribution is 6.04. The number of nitrogens with zero attached hydrogens (tertiary/aromatic N) is 1. The summed E-state index contributed by atoms with van der Waals surface area (Å²) in [5.74, 6) is -1.29. The van der Waals surface area contributed by atoms with Crippen molar-refractivity contribution in [2.75, 3.05) is 5.32 Å². The zero-order chi connectivity index (χ0) is 14.7. The minimum Gasteiger partial charge on any atom is -0.322 e. The molecule has 0 radical (unpaired) electrons. The number of nitro groups is 1. The number of carbonyl (C=O) groups excluding carboxylic acids is 1. The zero-order valence-electron chi connectivity index (χ0n) is 10.6. The van der Waals surface area contributed by atoms with Crippen molar-refractivity contribution in [3.05, 3.63) is 69.5 Å². The van der Waals surface area contributed by atoms with Crippen molar-refractivity contribution >= 4 is 17.3 Å². The first-order valence-corrected chi connectivity index (χ1v) is 5.79. The maximum absolute atomic E-state index is 13.6. The summed E-state index contributed by atoms with van der Waals surface area (Å²) in [6, 6.07) is 9.65. The van der Waals surface area contributed by atoms with Crippen molar-refractivity contribution in [3.8, 4) is 0 Å². The Hall–Kier alpha value is -2.76. The van der Waals surface area contributed by atoms with Crippen LogP contribution in [0.15, 0.2) is 42.5 Å². The second-order valence-corrected chi connectivity index (χ2v) is 4.24. The van der Waals surface area contributed by atoms with Crippen molar-refractivity contribution < 1.29 is 14.1 Å². The summed E-state index contributed by atoms with van der Waals surface area (Å²) in [4.78, 5) is 22.0. The van der Waals surface area contributed by atoms with Crippen LogP contribution < -0.4 is 5.32 Å². The summed E-state index contributed by atoms with van der Waals surface area (Å²) in [6.07, 6.45) is 0. The fraction of sp³-hybridized carbons (Fsp3) is 0.0714. The highest BCUT2D eigenvalue weighted by Crippen LogP contribution is 2.18. The number of aryl methyl sites for hydroxylation is 1. The van der Waals surface area contributed by atoms with Gasteiger partial charge in [-0.2, -0.15) is 0 Å². The Labute approximate surface area is 114 Å². The first-order chi connectivity index (χ1) is 9.47. The lowest BCUT2D eigenvalue weighted by atomic mass is 10.1. The molecular formula is C14H11FN2O3. The molecule has 2 rings (SSSR count). The second-order valence-electron chi connectivity index (χ2n) is 4.24. The molecule has 0 spiro atoms. The molecule has 0 aliphatic carbocycles. The Morgan fingerprint density at radius 3 is 2.70 bits per heavy atom. The van der Waals surface area contributed by atoms with Crippen LogP contribution in [0.1, 0.15) is 15.9 Å². The molecular weight excluding hydrogens is 263 g/mol. The van der Waals surface area contributed by atoms with Gasteiger partial charge in [0.05, 0.1) is 10.5 Å². The van der Waals surface area contributed by atoms with Gasteiger partial charge in [-0.1, -0.05) is 17.7 Å². The number of hydrogen-bond donors (Lipinski definition) is 1. The molecule has 5 nitrogen and oxygen atoms in total. The predicted molar refractivity (Wildman–Crippen MR) is 72.2 cm³/mol. The molecule has 0 unspecified atom stereocenters. The minimum atomic E-state index is -0.647. The largest absolute Gasteiger partial charge is 0.322 e. The maximum atomic E-state index is 13.6. The number of nitrogens with one attached hydrogen (secondary N) is 1. The third-order valence-electron chi connectivity index (χ3n) is 2.68. The topological polar surface area (TPSA) is 72.2 Å². The molecule has 2 aromatic rings. The minimum absolute atomic E-state index is 0.100. The van der Waals surface area contributed by atoms with E-state index < -0.39 is 16.6 Å². The molecule has 2 aromatic carbocycles. The van der Waals surface area contributed by atoms with Gasteiger partial charge in [-0.15, -0.1) is 0 Å². The van der Waals surface area contributed by atoms with Crippen LogP contribution in [0.25, 0.3) is 0 Å². The number of anilines is 1. The molecule has 0 aliphatic rings. The van der Waals surface area contributed by atoms with Crippen molar-refractivity contribution in [2.24, 2.45) is 0 Å². The summed E-state index contributed by atoms with van der Waals surface area (Å²) in [5, 5.41) is 13.1. The molecule has 0 aliphatic heterocycles. The molecule has 0 heterocycles. The van der Waals surface area contributed by atoms with E-state index >= 15 is 0 Å². The Morgan fingerprint density at radius 2 is 2.00 bits per heavy atom.